The predicted octanol–water partition coefficient (Wildman–Crippen LogP) is 2.19. The number of nitrogens with zero attached hydrogens (tertiary/aromatic N) is 1. The summed E-state index contributed by atoms with van der Waals surface area (Å²) in [6.07, 6.45) is -5.15. The maximum absolute atomic E-state index is 12.6. The largest absolute Gasteiger partial charge is 0.481 e. The SMILES string of the molecule is O=C(O)Cc1cc(=O)c2ccccc2n1CC(F)(F)F. The molecule has 0 aliphatic carbocycles. The number of aliphatic carboxylic acids is 1. The molecule has 0 unspecified atom stereocenters. The van der Waals surface area contributed by atoms with Gasteiger partial charge in [-0.05, 0) is 12.1 Å². The van der Waals surface area contributed by atoms with Gasteiger partial charge in [-0.25, -0.2) is 0 Å². The number of alkyl halides is 3. The third-order valence-corrected chi connectivity index (χ3v) is 2.77. The lowest BCUT2D eigenvalue weighted by molar-refractivity contribution is -0.142. The van der Waals surface area contributed by atoms with Crippen molar-refractivity contribution in [2.24, 2.45) is 0 Å². The highest BCUT2D eigenvalue weighted by atomic mass is 19.4. The number of para-hydroxylation sites is 1. The minimum absolute atomic E-state index is 0.0774. The number of benzene rings is 1. The second kappa shape index (κ2) is 4.99. The molecule has 0 bridgehead atoms. The van der Waals surface area contributed by atoms with Crippen molar-refractivity contribution in [2.45, 2.75) is 19.1 Å². The van der Waals surface area contributed by atoms with Crippen LogP contribution in [0.15, 0.2) is 35.1 Å². The molecule has 7 heteroatoms. The van der Waals surface area contributed by atoms with Crippen molar-refractivity contribution in [2.75, 3.05) is 0 Å². The number of carboxylic acid groups (broad SMARTS) is 1. The van der Waals surface area contributed by atoms with Gasteiger partial charge >= 0.3 is 12.1 Å². The van der Waals surface area contributed by atoms with E-state index in [4.69, 9.17) is 5.11 Å². The van der Waals surface area contributed by atoms with Crippen LogP contribution in [0.4, 0.5) is 13.2 Å². The summed E-state index contributed by atoms with van der Waals surface area (Å²) in [5, 5.41) is 8.89. The minimum atomic E-state index is -4.51. The first kappa shape index (κ1) is 14.1. The average molecular weight is 285 g/mol. The van der Waals surface area contributed by atoms with Gasteiger partial charge in [-0.1, -0.05) is 12.1 Å². The predicted molar refractivity (Wildman–Crippen MR) is 65.6 cm³/mol. The zero-order valence-electron chi connectivity index (χ0n) is 10.1. The van der Waals surface area contributed by atoms with E-state index in [9.17, 15) is 22.8 Å². The van der Waals surface area contributed by atoms with Gasteiger partial charge in [-0.15, -0.1) is 0 Å². The van der Waals surface area contributed by atoms with Crippen LogP contribution in [-0.4, -0.2) is 21.8 Å². The molecule has 0 atom stereocenters. The summed E-state index contributed by atoms with van der Waals surface area (Å²) in [7, 11) is 0. The van der Waals surface area contributed by atoms with Gasteiger partial charge in [0, 0.05) is 17.1 Å². The summed E-state index contributed by atoms with van der Waals surface area (Å²) in [4.78, 5) is 22.5. The number of carbonyl (C=O) groups is 1. The van der Waals surface area contributed by atoms with Crippen LogP contribution in [-0.2, 0) is 17.8 Å². The Morgan fingerprint density at radius 3 is 2.50 bits per heavy atom. The molecular formula is C13H10F3NO3. The van der Waals surface area contributed by atoms with E-state index in [0.717, 1.165) is 10.6 Å². The molecule has 0 aliphatic heterocycles. The summed E-state index contributed by atoms with van der Waals surface area (Å²) in [5.74, 6) is -1.30. The van der Waals surface area contributed by atoms with Crippen LogP contribution in [0.1, 0.15) is 5.69 Å². The molecule has 4 nitrogen and oxygen atoms in total. The van der Waals surface area contributed by atoms with Gasteiger partial charge in [0.25, 0.3) is 0 Å². The van der Waals surface area contributed by atoms with Crippen LogP contribution >= 0.6 is 0 Å². The number of halogens is 3. The standard InChI is InChI=1S/C13H10F3NO3/c14-13(15,16)7-17-8(6-12(19)20)5-11(18)9-3-1-2-4-10(9)17/h1-5H,6-7H2,(H,19,20). The van der Waals surface area contributed by atoms with Crippen molar-refractivity contribution in [3.05, 3.63) is 46.2 Å². The lowest BCUT2D eigenvalue weighted by Crippen LogP contribution is -2.24. The Kier molecular flexibility index (Phi) is 3.52. The van der Waals surface area contributed by atoms with E-state index in [1.165, 1.54) is 18.2 Å². The molecule has 2 rings (SSSR count). The molecule has 2 aromatic rings. The van der Waals surface area contributed by atoms with Gasteiger partial charge in [0.2, 0.25) is 0 Å². The maximum atomic E-state index is 12.6. The zero-order chi connectivity index (χ0) is 14.9. The maximum Gasteiger partial charge on any atom is 0.406 e. The number of hydrogen-bond donors (Lipinski definition) is 1. The lowest BCUT2D eigenvalue weighted by atomic mass is 10.1. The molecular weight excluding hydrogens is 275 g/mol. The Morgan fingerprint density at radius 2 is 1.90 bits per heavy atom. The summed E-state index contributed by atoms with van der Waals surface area (Å²) in [6.45, 7) is -1.34. The van der Waals surface area contributed by atoms with Crippen LogP contribution < -0.4 is 5.43 Å². The molecule has 0 saturated carbocycles. The molecule has 0 saturated heterocycles. The summed E-state index contributed by atoms with van der Waals surface area (Å²) in [5.41, 5.74) is -0.581. The lowest BCUT2D eigenvalue weighted by Gasteiger charge is -2.17. The third-order valence-electron chi connectivity index (χ3n) is 2.77. The van der Waals surface area contributed by atoms with E-state index >= 15 is 0 Å². The molecule has 0 aliphatic rings. The topological polar surface area (TPSA) is 59.3 Å². The highest BCUT2D eigenvalue weighted by Crippen LogP contribution is 2.22. The second-order valence-corrected chi connectivity index (χ2v) is 4.29. The molecule has 0 amide bonds. The quantitative estimate of drug-likeness (QED) is 0.940. The van der Waals surface area contributed by atoms with Gasteiger partial charge < -0.3 is 9.67 Å². The molecule has 0 fully saturated rings. The Balaban J connectivity index is 2.73. The first-order chi connectivity index (χ1) is 9.28. The number of fused-ring (bicyclic) bond motifs is 1. The van der Waals surface area contributed by atoms with E-state index in [1.54, 1.807) is 6.07 Å². The Bertz CT molecular complexity index is 719. The number of hydrogen-bond acceptors (Lipinski definition) is 2. The summed E-state index contributed by atoms with van der Waals surface area (Å²) in [6, 6.07) is 6.77. The average Bonchev–Trinajstić information content (AvgIpc) is 2.32. The molecule has 1 N–H and O–H groups in total. The van der Waals surface area contributed by atoms with Crippen LogP contribution in [0, 0.1) is 0 Å². The summed E-state index contributed by atoms with van der Waals surface area (Å²) < 4.78 is 38.7. The fourth-order valence-corrected chi connectivity index (χ4v) is 2.05. The number of rotatable bonds is 3. The van der Waals surface area contributed by atoms with Crippen LogP contribution in [0.5, 0.6) is 0 Å². The van der Waals surface area contributed by atoms with Gasteiger partial charge in [0.15, 0.2) is 5.43 Å². The molecule has 1 aromatic heterocycles. The number of pyridine rings is 1. The summed E-state index contributed by atoms with van der Waals surface area (Å²) >= 11 is 0. The first-order valence-electron chi connectivity index (χ1n) is 5.68. The smallest absolute Gasteiger partial charge is 0.406 e. The normalized spacial score (nSPS) is 11.8. The number of aromatic nitrogens is 1. The van der Waals surface area contributed by atoms with Gasteiger partial charge in [-0.3, -0.25) is 9.59 Å². The minimum Gasteiger partial charge on any atom is -0.481 e. The zero-order valence-corrected chi connectivity index (χ0v) is 10.1. The molecule has 1 aromatic carbocycles. The van der Waals surface area contributed by atoms with Crippen molar-refractivity contribution >= 4 is 16.9 Å². The van der Waals surface area contributed by atoms with Gasteiger partial charge in [0.1, 0.15) is 6.54 Å². The van der Waals surface area contributed by atoms with E-state index in [2.05, 4.69) is 0 Å². The monoisotopic (exact) mass is 285 g/mol. The fraction of sp³-hybridized carbons (Fsp3) is 0.231. The molecule has 0 spiro atoms. The van der Waals surface area contributed by atoms with E-state index in [0.29, 0.717) is 0 Å². The van der Waals surface area contributed by atoms with E-state index < -0.39 is 30.5 Å². The number of carboxylic acids is 1. The van der Waals surface area contributed by atoms with Gasteiger partial charge in [-0.2, -0.15) is 13.2 Å². The Hall–Kier alpha value is -2.31. The van der Waals surface area contributed by atoms with Gasteiger partial charge in [0.05, 0.1) is 11.9 Å². The van der Waals surface area contributed by atoms with Crippen molar-refractivity contribution < 1.29 is 23.1 Å². The van der Waals surface area contributed by atoms with Crippen molar-refractivity contribution in [3.8, 4) is 0 Å². The van der Waals surface area contributed by atoms with Crippen molar-refractivity contribution in [1.82, 2.24) is 4.57 Å². The van der Waals surface area contributed by atoms with Crippen LogP contribution in [0.2, 0.25) is 0 Å². The van der Waals surface area contributed by atoms with Crippen molar-refractivity contribution in [3.63, 3.8) is 0 Å². The second-order valence-electron chi connectivity index (χ2n) is 4.29. The van der Waals surface area contributed by atoms with Crippen LogP contribution in [0.3, 0.4) is 0 Å². The first-order valence-corrected chi connectivity index (χ1v) is 5.68. The van der Waals surface area contributed by atoms with Crippen LogP contribution in [0.25, 0.3) is 10.9 Å². The van der Waals surface area contributed by atoms with E-state index in [-0.39, 0.29) is 16.6 Å². The highest BCUT2D eigenvalue weighted by molar-refractivity contribution is 5.80. The Morgan fingerprint density at radius 1 is 1.25 bits per heavy atom. The highest BCUT2D eigenvalue weighted by Gasteiger charge is 2.29. The Labute approximate surface area is 111 Å². The molecule has 1 heterocycles. The van der Waals surface area contributed by atoms with Crippen molar-refractivity contribution in [1.29, 1.82) is 0 Å². The van der Waals surface area contributed by atoms with E-state index in [1.807, 2.05) is 0 Å². The third kappa shape index (κ3) is 2.98. The molecule has 0 radical (unpaired) electrons. The molecule has 20 heavy (non-hydrogen) atoms. The molecule has 106 valence electrons. The fourth-order valence-electron chi connectivity index (χ4n) is 2.05.